The third kappa shape index (κ3) is 5.31. The maximum absolute atomic E-state index is 11.6. The molecule has 200 valence electrons. The van der Waals surface area contributed by atoms with Gasteiger partial charge in [-0.2, -0.15) is 0 Å². The number of rotatable bonds is 4. The summed E-state index contributed by atoms with van der Waals surface area (Å²) in [6.45, 7) is 0. The average Bonchev–Trinajstić information content (AvgIpc) is 3.63. The highest BCUT2D eigenvalue weighted by Crippen LogP contribution is 2.27. The standard InChI is InChI=1S/C14H10ClN3O2.C14H11N3O3/c1-20-14(19)9-4-2-8(3-5-9)11-6-10-12(15)16-7-17-13(10)18-11;1-20-14(19)9-4-2-8(3-5-9)11-6-10-12(17-11)15-7-16-13(10)18/h2-7H,1H3,(H,16,17,18);2-7H,1H3,(H2,15,16,17,18). The summed E-state index contributed by atoms with van der Waals surface area (Å²) in [5, 5.41) is 1.67. The molecule has 0 aliphatic heterocycles. The van der Waals surface area contributed by atoms with Crippen molar-refractivity contribution in [3.8, 4) is 22.5 Å². The van der Waals surface area contributed by atoms with Crippen LogP contribution in [0.25, 0.3) is 44.6 Å². The number of nitrogens with one attached hydrogen (secondary N) is 3. The van der Waals surface area contributed by atoms with Crippen LogP contribution in [0.2, 0.25) is 5.15 Å². The first-order valence-corrected chi connectivity index (χ1v) is 12.2. The maximum Gasteiger partial charge on any atom is 0.337 e. The molecule has 4 aromatic heterocycles. The number of carbonyl (C=O) groups excluding carboxylic acids is 2. The number of aromatic nitrogens is 6. The second-order valence-electron chi connectivity index (χ2n) is 8.42. The molecular weight excluding hydrogens is 536 g/mol. The first-order valence-electron chi connectivity index (χ1n) is 11.8. The van der Waals surface area contributed by atoms with Crippen molar-refractivity contribution in [2.24, 2.45) is 0 Å². The van der Waals surface area contributed by atoms with Crippen LogP contribution < -0.4 is 5.56 Å². The number of hydrogen-bond donors (Lipinski definition) is 3. The van der Waals surface area contributed by atoms with E-state index in [9.17, 15) is 14.4 Å². The van der Waals surface area contributed by atoms with Gasteiger partial charge in [0.1, 0.15) is 22.8 Å². The molecule has 0 atom stereocenters. The summed E-state index contributed by atoms with van der Waals surface area (Å²) in [6.07, 6.45) is 2.76. The zero-order valence-electron chi connectivity index (χ0n) is 21.2. The van der Waals surface area contributed by atoms with E-state index in [1.165, 1.54) is 26.9 Å². The number of methoxy groups -OCH3 is 2. The number of ether oxygens (including phenoxy) is 2. The van der Waals surface area contributed by atoms with Gasteiger partial charge in [-0.25, -0.2) is 24.5 Å². The molecule has 0 spiro atoms. The van der Waals surface area contributed by atoms with E-state index in [2.05, 4.69) is 39.4 Å². The van der Waals surface area contributed by atoms with Crippen LogP contribution >= 0.6 is 11.6 Å². The SMILES string of the molecule is COC(=O)c1ccc(-c2cc3c(=O)[nH]cnc3[nH]2)cc1.COC(=O)c1ccc(-c2cc3c(Cl)ncnc3[nH]2)cc1. The second-order valence-corrected chi connectivity index (χ2v) is 8.78. The zero-order chi connectivity index (χ0) is 28.2. The van der Waals surface area contributed by atoms with Crippen molar-refractivity contribution >= 4 is 45.6 Å². The Morgan fingerprint density at radius 3 is 1.70 bits per heavy atom. The quantitative estimate of drug-likeness (QED) is 0.207. The molecule has 2 aromatic carbocycles. The number of H-pyrrole nitrogens is 3. The van der Waals surface area contributed by atoms with Crippen molar-refractivity contribution < 1.29 is 19.1 Å². The van der Waals surface area contributed by atoms with Gasteiger partial charge in [-0.15, -0.1) is 0 Å². The molecule has 4 heterocycles. The highest BCUT2D eigenvalue weighted by Gasteiger charge is 2.11. The predicted octanol–water partition coefficient (Wildman–Crippen LogP) is 4.77. The maximum atomic E-state index is 11.6. The fourth-order valence-corrected chi connectivity index (χ4v) is 4.17. The van der Waals surface area contributed by atoms with Crippen LogP contribution in [0.3, 0.4) is 0 Å². The van der Waals surface area contributed by atoms with Crippen LogP contribution in [-0.4, -0.2) is 56.1 Å². The lowest BCUT2D eigenvalue weighted by molar-refractivity contribution is 0.0592. The lowest BCUT2D eigenvalue weighted by Crippen LogP contribution is -2.04. The Bertz CT molecular complexity index is 1890. The molecular formula is C28H21ClN6O5. The molecule has 0 aliphatic carbocycles. The third-order valence-electron chi connectivity index (χ3n) is 6.04. The van der Waals surface area contributed by atoms with Crippen molar-refractivity contribution in [2.45, 2.75) is 0 Å². The van der Waals surface area contributed by atoms with E-state index >= 15 is 0 Å². The topological polar surface area (TPSA) is 156 Å². The molecule has 0 saturated carbocycles. The first-order chi connectivity index (χ1) is 19.4. The van der Waals surface area contributed by atoms with Gasteiger partial charge in [-0.05, 0) is 47.5 Å². The molecule has 0 radical (unpaired) electrons. The second kappa shape index (κ2) is 11.2. The van der Waals surface area contributed by atoms with E-state index < -0.39 is 0 Å². The monoisotopic (exact) mass is 556 g/mol. The third-order valence-corrected chi connectivity index (χ3v) is 6.34. The van der Waals surface area contributed by atoms with Gasteiger partial charge in [-0.3, -0.25) is 4.79 Å². The minimum atomic E-state index is -0.383. The fraction of sp³-hybridized carbons (Fsp3) is 0.0714. The molecule has 6 aromatic rings. The Balaban J connectivity index is 0.000000161. The van der Waals surface area contributed by atoms with Crippen LogP contribution in [0, 0.1) is 0 Å². The largest absolute Gasteiger partial charge is 0.465 e. The number of nitrogens with zero attached hydrogens (tertiary/aromatic N) is 3. The van der Waals surface area contributed by atoms with Gasteiger partial charge in [0, 0.05) is 11.4 Å². The normalized spacial score (nSPS) is 10.7. The Labute approximate surface area is 231 Å². The Morgan fingerprint density at radius 2 is 1.23 bits per heavy atom. The van der Waals surface area contributed by atoms with Gasteiger partial charge in [0.2, 0.25) is 0 Å². The number of halogens is 1. The molecule has 3 N–H and O–H groups in total. The lowest BCUT2D eigenvalue weighted by Gasteiger charge is -2.01. The molecule has 0 saturated heterocycles. The summed E-state index contributed by atoms with van der Waals surface area (Å²) < 4.78 is 9.31. The number of hydrogen-bond acceptors (Lipinski definition) is 8. The number of aromatic amines is 3. The van der Waals surface area contributed by atoms with Crippen molar-refractivity contribution in [1.29, 1.82) is 0 Å². The number of esters is 2. The molecule has 0 bridgehead atoms. The lowest BCUT2D eigenvalue weighted by atomic mass is 10.1. The summed E-state index contributed by atoms with van der Waals surface area (Å²) in [5.74, 6) is -0.742. The Kier molecular flexibility index (Phi) is 7.38. The molecule has 11 nitrogen and oxygen atoms in total. The smallest absolute Gasteiger partial charge is 0.337 e. The van der Waals surface area contributed by atoms with Crippen LogP contribution in [0.1, 0.15) is 20.7 Å². The van der Waals surface area contributed by atoms with E-state index in [1.807, 2.05) is 18.2 Å². The van der Waals surface area contributed by atoms with Gasteiger partial charge >= 0.3 is 11.9 Å². The summed E-state index contributed by atoms with van der Waals surface area (Å²) in [5.41, 5.74) is 5.40. The van der Waals surface area contributed by atoms with Crippen LogP contribution in [0.5, 0.6) is 0 Å². The van der Waals surface area contributed by atoms with Crippen LogP contribution in [0.4, 0.5) is 0 Å². The zero-order valence-corrected chi connectivity index (χ0v) is 21.9. The van der Waals surface area contributed by atoms with Crippen molar-refractivity contribution in [3.05, 3.63) is 100.0 Å². The minimum Gasteiger partial charge on any atom is -0.465 e. The predicted molar refractivity (Wildman–Crippen MR) is 149 cm³/mol. The van der Waals surface area contributed by atoms with E-state index in [1.54, 1.807) is 42.5 Å². The molecule has 0 unspecified atom stereocenters. The fourth-order valence-electron chi connectivity index (χ4n) is 3.98. The van der Waals surface area contributed by atoms with Crippen molar-refractivity contribution in [2.75, 3.05) is 14.2 Å². The molecule has 0 fully saturated rings. The molecule has 40 heavy (non-hydrogen) atoms. The van der Waals surface area contributed by atoms with Crippen molar-refractivity contribution in [1.82, 2.24) is 29.9 Å². The number of benzene rings is 2. The minimum absolute atomic E-state index is 0.191. The van der Waals surface area contributed by atoms with Gasteiger partial charge < -0.3 is 24.4 Å². The van der Waals surface area contributed by atoms with E-state index in [-0.39, 0.29) is 17.5 Å². The summed E-state index contributed by atoms with van der Waals surface area (Å²) >= 11 is 6.01. The van der Waals surface area contributed by atoms with Crippen LogP contribution in [-0.2, 0) is 9.47 Å². The van der Waals surface area contributed by atoms with E-state index in [0.717, 1.165) is 27.9 Å². The van der Waals surface area contributed by atoms with Gasteiger partial charge in [0.05, 0.1) is 42.4 Å². The molecule has 12 heteroatoms. The number of fused-ring (bicyclic) bond motifs is 2. The van der Waals surface area contributed by atoms with Crippen molar-refractivity contribution in [3.63, 3.8) is 0 Å². The number of carbonyl (C=O) groups is 2. The molecule has 0 amide bonds. The summed E-state index contributed by atoms with van der Waals surface area (Å²) in [4.78, 5) is 55.2. The van der Waals surface area contributed by atoms with Gasteiger partial charge in [0.25, 0.3) is 5.56 Å². The first kappa shape index (κ1) is 26.3. The van der Waals surface area contributed by atoms with E-state index in [0.29, 0.717) is 33.0 Å². The van der Waals surface area contributed by atoms with Crippen LogP contribution in [0.15, 0.2) is 78.1 Å². The molecule has 6 rings (SSSR count). The van der Waals surface area contributed by atoms with E-state index in [4.69, 9.17) is 11.6 Å². The highest BCUT2D eigenvalue weighted by atomic mass is 35.5. The van der Waals surface area contributed by atoms with Gasteiger partial charge in [-0.1, -0.05) is 35.9 Å². The summed E-state index contributed by atoms with van der Waals surface area (Å²) in [6, 6.07) is 17.6. The Hall–Kier alpha value is -5.29. The summed E-state index contributed by atoms with van der Waals surface area (Å²) in [7, 11) is 2.69. The Morgan fingerprint density at radius 1 is 0.725 bits per heavy atom. The highest BCUT2D eigenvalue weighted by molar-refractivity contribution is 6.34. The molecule has 0 aliphatic rings. The van der Waals surface area contributed by atoms with Gasteiger partial charge in [0.15, 0.2) is 0 Å². The average molecular weight is 557 g/mol.